The van der Waals surface area contributed by atoms with Gasteiger partial charge in [-0.05, 0) is 31.7 Å². The van der Waals surface area contributed by atoms with Crippen molar-refractivity contribution in [2.75, 3.05) is 20.2 Å². The van der Waals surface area contributed by atoms with Crippen LogP contribution in [0, 0.1) is 11.6 Å². The molecule has 0 radical (unpaired) electrons. The first kappa shape index (κ1) is 21.4. The van der Waals surface area contributed by atoms with Crippen molar-refractivity contribution in [2.45, 2.75) is 19.4 Å². The zero-order valence-corrected chi connectivity index (χ0v) is 17.2. The van der Waals surface area contributed by atoms with Crippen LogP contribution in [0.2, 0.25) is 0 Å². The summed E-state index contributed by atoms with van der Waals surface area (Å²) in [6, 6.07) is 12.7. The van der Waals surface area contributed by atoms with Crippen LogP contribution in [0.15, 0.2) is 54.7 Å². The van der Waals surface area contributed by atoms with E-state index >= 15 is 0 Å². The third kappa shape index (κ3) is 4.20. The third-order valence-corrected chi connectivity index (χ3v) is 6.18. The maximum Gasteiger partial charge on any atom is 0.302 e. The molecule has 0 spiro atoms. The summed E-state index contributed by atoms with van der Waals surface area (Å²) in [5.74, 6) is -1.38. The van der Waals surface area contributed by atoms with E-state index in [1.54, 1.807) is 13.1 Å². The number of quaternary nitrogens is 1. The van der Waals surface area contributed by atoms with E-state index < -0.39 is 17.7 Å². The summed E-state index contributed by atoms with van der Waals surface area (Å²) in [5.41, 5.74) is 6.70. The Morgan fingerprint density at radius 3 is 2.62 bits per heavy atom. The lowest BCUT2D eigenvalue weighted by Crippen LogP contribution is -2.57. The van der Waals surface area contributed by atoms with Crippen molar-refractivity contribution >= 4 is 28.4 Å². The highest BCUT2D eigenvalue weighted by molar-refractivity contribution is 8.08. The van der Waals surface area contributed by atoms with E-state index in [2.05, 4.69) is 0 Å². The smallest absolute Gasteiger partial charge is 0.302 e. The number of carbonyl (C=O) groups is 1. The van der Waals surface area contributed by atoms with Crippen molar-refractivity contribution in [1.82, 2.24) is 9.01 Å². The number of carbonyl (C=O) groups excluding carboxylic acids is 1. The van der Waals surface area contributed by atoms with Crippen LogP contribution in [0.5, 0.6) is 0 Å². The zero-order chi connectivity index (χ0) is 21.0. The van der Waals surface area contributed by atoms with Crippen molar-refractivity contribution in [2.24, 2.45) is 5.73 Å². The van der Waals surface area contributed by atoms with Gasteiger partial charge in [-0.3, -0.25) is 4.79 Å². The molecule has 1 aliphatic rings. The molecule has 2 N–H and O–H groups in total. The monoisotopic (exact) mass is 420 g/mol. The summed E-state index contributed by atoms with van der Waals surface area (Å²) < 4.78 is 33.6. The van der Waals surface area contributed by atoms with Crippen molar-refractivity contribution in [3.8, 4) is 0 Å². The first-order chi connectivity index (χ1) is 13.9. The van der Waals surface area contributed by atoms with Gasteiger partial charge in [0.15, 0.2) is 5.69 Å². The van der Waals surface area contributed by atoms with E-state index in [4.69, 9.17) is 10.5 Å². The van der Waals surface area contributed by atoms with E-state index in [0.717, 1.165) is 23.9 Å². The fourth-order valence-corrected chi connectivity index (χ4v) is 4.57. The van der Waals surface area contributed by atoms with Gasteiger partial charge in [-0.1, -0.05) is 18.2 Å². The summed E-state index contributed by atoms with van der Waals surface area (Å²) in [7, 11) is 1.46. The molecule has 2 aromatic carbocycles. The summed E-state index contributed by atoms with van der Waals surface area (Å²) in [5, 5.41) is 1.53. The average molecular weight is 421 g/mol. The van der Waals surface area contributed by atoms with Gasteiger partial charge in [-0.25, -0.2) is 8.78 Å². The van der Waals surface area contributed by atoms with Crippen molar-refractivity contribution in [3.63, 3.8) is 0 Å². The lowest BCUT2D eigenvalue weighted by atomic mass is 10.2. The molecule has 0 saturated heterocycles. The zero-order valence-electron chi connectivity index (χ0n) is 16.3. The molecular weight excluding hydrogens is 396 g/mol. The Hall–Kier alpha value is -2.26. The van der Waals surface area contributed by atoms with Gasteiger partial charge in [0.2, 0.25) is 0 Å². The van der Waals surface area contributed by atoms with Crippen molar-refractivity contribution in [1.29, 1.82) is 0 Å². The Morgan fingerprint density at radius 1 is 1.24 bits per heavy atom. The van der Waals surface area contributed by atoms with Crippen LogP contribution in [0.4, 0.5) is 14.5 Å². The standard InChI is InChI=1S/C21H24F2N3O2S/c1-15(28-2)21(27)25-14-20(18-13-16(22)9-10-19(18)23)29-26(25,12-6-11-24)17-7-4-3-5-8-17/h3-5,7-10,13-15H,6,11-12,24H2,1-2H3/q+1/t15-,26+/m1/s1. The van der Waals surface area contributed by atoms with Crippen LogP contribution in [0.1, 0.15) is 18.9 Å². The second-order valence-electron chi connectivity index (χ2n) is 6.67. The van der Waals surface area contributed by atoms with Crippen LogP contribution in [-0.2, 0) is 9.53 Å². The Kier molecular flexibility index (Phi) is 6.69. The Morgan fingerprint density at radius 2 is 1.97 bits per heavy atom. The lowest BCUT2D eigenvalue weighted by molar-refractivity contribution is -0.145. The van der Waals surface area contributed by atoms with Crippen LogP contribution >= 0.6 is 11.9 Å². The normalized spacial score (nSPS) is 19.9. The Balaban J connectivity index is 2.15. The van der Waals surface area contributed by atoms with Crippen LogP contribution < -0.4 is 9.73 Å². The molecule has 3 rings (SSSR count). The SMILES string of the molecule is CO[C@H](C)C(=O)N1C=C(c2cc(F)ccc2F)S[N@@+]1(CCCN)c1ccccc1. The highest BCUT2D eigenvalue weighted by Crippen LogP contribution is 2.49. The summed E-state index contributed by atoms with van der Waals surface area (Å²) in [4.78, 5) is 13.6. The molecule has 5 nitrogen and oxygen atoms in total. The molecule has 0 aromatic heterocycles. The van der Waals surface area contributed by atoms with Gasteiger partial charge in [0.1, 0.15) is 41.1 Å². The van der Waals surface area contributed by atoms with E-state index in [1.807, 2.05) is 30.3 Å². The highest BCUT2D eigenvalue weighted by Gasteiger charge is 2.49. The van der Waals surface area contributed by atoms with Crippen LogP contribution in [-0.4, -0.2) is 37.2 Å². The number of rotatable bonds is 7. The summed E-state index contributed by atoms with van der Waals surface area (Å²) in [6.45, 7) is 2.58. The molecule has 0 fully saturated rings. The second kappa shape index (κ2) is 9.04. The number of hydrogen-bond acceptors (Lipinski definition) is 4. The molecule has 8 heteroatoms. The van der Waals surface area contributed by atoms with Crippen LogP contribution in [0.3, 0.4) is 0 Å². The van der Waals surface area contributed by atoms with E-state index in [-0.39, 0.29) is 15.5 Å². The van der Waals surface area contributed by atoms with Gasteiger partial charge in [0, 0.05) is 31.2 Å². The number of benzene rings is 2. The molecule has 1 amide bonds. The molecule has 1 heterocycles. The largest absolute Gasteiger partial charge is 0.372 e. The lowest BCUT2D eigenvalue weighted by Gasteiger charge is -2.37. The number of ether oxygens (including phenoxy) is 1. The second-order valence-corrected chi connectivity index (χ2v) is 7.90. The average Bonchev–Trinajstić information content (AvgIpc) is 3.14. The number of para-hydroxylation sites is 1. The Labute approximate surface area is 173 Å². The molecule has 29 heavy (non-hydrogen) atoms. The number of nitrogens with two attached hydrogens (primary N) is 1. The molecule has 0 saturated carbocycles. The van der Waals surface area contributed by atoms with Gasteiger partial charge in [0.25, 0.3) is 0 Å². The number of halogens is 2. The maximum atomic E-state index is 14.5. The third-order valence-electron chi connectivity index (χ3n) is 4.78. The van der Waals surface area contributed by atoms with Gasteiger partial charge in [-0.15, -0.1) is 9.01 Å². The molecule has 1 aliphatic heterocycles. The van der Waals surface area contributed by atoms with Crippen molar-refractivity contribution in [3.05, 3.63) is 71.9 Å². The molecule has 2 atom stereocenters. The molecule has 2 aromatic rings. The minimum absolute atomic E-state index is 0.0376. The predicted molar refractivity (Wildman–Crippen MR) is 112 cm³/mol. The molecule has 0 bridgehead atoms. The highest BCUT2D eigenvalue weighted by atomic mass is 32.2. The van der Waals surface area contributed by atoms with Gasteiger partial charge in [-0.2, -0.15) is 0 Å². The predicted octanol–water partition coefficient (Wildman–Crippen LogP) is 4.06. The first-order valence-electron chi connectivity index (χ1n) is 9.30. The summed E-state index contributed by atoms with van der Waals surface area (Å²) >= 11 is 1.28. The summed E-state index contributed by atoms with van der Waals surface area (Å²) in [6.07, 6.45) is 1.49. The number of nitrogens with zero attached hydrogens (tertiary/aromatic N) is 2. The minimum Gasteiger partial charge on any atom is -0.372 e. The van der Waals surface area contributed by atoms with Gasteiger partial charge in [0.05, 0.1) is 6.20 Å². The maximum absolute atomic E-state index is 14.5. The van der Waals surface area contributed by atoms with Gasteiger partial charge >= 0.3 is 5.91 Å². The van der Waals surface area contributed by atoms with E-state index in [9.17, 15) is 13.6 Å². The van der Waals surface area contributed by atoms with E-state index in [0.29, 0.717) is 24.4 Å². The fraction of sp³-hybridized carbons (Fsp3) is 0.286. The molecule has 0 unspecified atom stereocenters. The first-order valence-corrected chi connectivity index (χ1v) is 10.1. The van der Waals surface area contributed by atoms with Gasteiger partial charge < -0.3 is 10.5 Å². The number of hydrogen-bond donors (Lipinski definition) is 1. The topological polar surface area (TPSA) is 55.6 Å². The van der Waals surface area contributed by atoms with Crippen molar-refractivity contribution < 1.29 is 18.3 Å². The van der Waals surface area contributed by atoms with E-state index in [1.165, 1.54) is 24.1 Å². The minimum atomic E-state index is -0.706. The number of amides is 1. The fourth-order valence-electron chi connectivity index (χ4n) is 3.18. The molecule has 154 valence electrons. The molecular formula is C21H24F2N3O2S+. The number of methoxy groups -OCH3 is 1. The quantitative estimate of drug-likeness (QED) is 0.542. The molecule has 0 aliphatic carbocycles. The Bertz CT molecular complexity index is 910. The van der Waals surface area contributed by atoms with Crippen LogP contribution in [0.25, 0.3) is 4.91 Å².